The molecule has 2 aromatic carbocycles. The molecule has 4 amide bonds. The van der Waals surface area contributed by atoms with Crippen LogP contribution in [0.5, 0.6) is 0 Å². The highest BCUT2D eigenvalue weighted by Gasteiger charge is 2.51. The standard InChI is InChI=1S/C23H26ClN3O3/c1-4-15-12-13-18(24)17(5-2)20(15)25-19(28)14-27-21(29)23(6-3,26-22(27)30)16-10-8-7-9-11-16/h7-13H,4-6,14H2,1-3H3,(H,25,28)(H,26,30). The number of nitrogens with zero attached hydrogens (tertiary/aromatic N) is 1. The fraction of sp³-hybridized carbons (Fsp3) is 0.348. The van der Waals surface area contributed by atoms with Gasteiger partial charge in [-0.2, -0.15) is 0 Å². The minimum absolute atomic E-state index is 0.363. The molecule has 0 aliphatic carbocycles. The summed E-state index contributed by atoms with van der Waals surface area (Å²) >= 11 is 6.30. The van der Waals surface area contributed by atoms with Gasteiger partial charge in [-0.15, -0.1) is 0 Å². The molecule has 0 bridgehead atoms. The van der Waals surface area contributed by atoms with Crippen molar-refractivity contribution in [3.8, 4) is 0 Å². The first-order chi connectivity index (χ1) is 14.4. The van der Waals surface area contributed by atoms with Crippen molar-refractivity contribution in [3.63, 3.8) is 0 Å². The van der Waals surface area contributed by atoms with Gasteiger partial charge in [0.1, 0.15) is 12.1 Å². The van der Waals surface area contributed by atoms with E-state index in [0.29, 0.717) is 29.1 Å². The lowest BCUT2D eigenvalue weighted by Gasteiger charge is -2.25. The Balaban J connectivity index is 1.84. The Morgan fingerprint density at radius 3 is 2.37 bits per heavy atom. The molecular weight excluding hydrogens is 402 g/mol. The van der Waals surface area contributed by atoms with Crippen LogP contribution in [0.1, 0.15) is 43.9 Å². The number of hydrogen-bond donors (Lipinski definition) is 2. The van der Waals surface area contributed by atoms with E-state index in [-0.39, 0.29) is 6.54 Å². The number of rotatable bonds is 7. The Hall–Kier alpha value is -2.86. The first-order valence-electron chi connectivity index (χ1n) is 10.2. The van der Waals surface area contributed by atoms with E-state index < -0.39 is 23.4 Å². The molecular formula is C23H26ClN3O3. The van der Waals surface area contributed by atoms with Crippen LogP contribution in [0.4, 0.5) is 10.5 Å². The van der Waals surface area contributed by atoms with E-state index in [1.165, 1.54) is 0 Å². The van der Waals surface area contributed by atoms with Gasteiger partial charge in [-0.3, -0.25) is 14.5 Å². The van der Waals surface area contributed by atoms with Crippen LogP contribution in [0.3, 0.4) is 0 Å². The maximum Gasteiger partial charge on any atom is 0.325 e. The summed E-state index contributed by atoms with van der Waals surface area (Å²) in [4.78, 5) is 39.6. The molecule has 158 valence electrons. The zero-order valence-corrected chi connectivity index (χ0v) is 18.2. The number of benzene rings is 2. The molecule has 6 nitrogen and oxygen atoms in total. The molecule has 1 aliphatic rings. The minimum atomic E-state index is -1.15. The minimum Gasteiger partial charge on any atom is -0.324 e. The number of anilines is 1. The number of amides is 4. The van der Waals surface area contributed by atoms with Gasteiger partial charge in [-0.05, 0) is 42.0 Å². The lowest BCUT2D eigenvalue weighted by atomic mass is 9.87. The topological polar surface area (TPSA) is 78.5 Å². The lowest BCUT2D eigenvalue weighted by Crippen LogP contribution is -2.44. The van der Waals surface area contributed by atoms with Gasteiger partial charge in [0.25, 0.3) is 5.91 Å². The van der Waals surface area contributed by atoms with Crippen LogP contribution >= 0.6 is 11.6 Å². The Labute approximate surface area is 181 Å². The van der Waals surface area contributed by atoms with Crippen molar-refractivity contribution < 1.29 is 14.4 Å². The first-order valence-corrected chi connectivity index (χ1v) is 10.5. The summed E-state index contributed by atoms with van der Waals surface area (Å²) in [5, 5.41) is 6.25. The molecule has 0 aromatic heterocycles. The highest BCUT2D eigenvalue weighted by atomic mass is 35.5. The molecule has 1 saturated heterocycles. The summed E-state index contributed by atoms with van der Waals surface area (Å²) in [6.07, 6.45) is 1.75. The summed E-state index contributed by atoms with van der Waals surface area (Å²) in [6.45, 7) is 5.42. The van der Waals surface area contributed by atoms with Crippen LogP contribution in [-0.2, 0) is 28.0 Å². The molecule has 30 heavy (non-hydrogen) atoms. The molecule has 0 spiro atoms. The third-order valence-corrected chi connectivity index (χ3v) is 5.97. The molecule has 1 fully saturated rings. The number of halogens is 1. The molecule has 1 atom stereocenters. The molecule has 1 heterocycles. The predicted molar refractivity (Wildman–Crippen MR) is 117 cm³/mol. The fourth-order valence-corrected chi connectivity index (χ4v) is 4.21. The van der Waals surface area contributed by atoms with Gasteiger partial charge in [0.05, 0.1) is 0 Å². The average Bonchev–Trinajstić information content (AvgIpc) is 3.00. The van der Waals surface area contributed by atoms with Crippen molar-refractivity contribution >= 4 is 35.1 Å². The zero-order valence-electron chi connectivity index (χ0n) is 17.4. The number of carbonyl (C=O) groups excluding carboxylic acids is 3. The second-order valence-electron chi connectivity index (χ2n) is 7.26. The summed E-state index contributed by atoms with van der Waals surface area (Å²) in [5.41, 5.74) is 2.00. The van der Waals surface area contributed by atoms with Crippen molar-refractivity contribution in [1.82, 2.24) is 10.2 Å². The van der Waals surface area contributed by atoms with Crippen LogP contribution in [0.2, 0.25) is 5.02 Å². The molecule has 3 rings (SSSR count). The van der Waals surface area contributed by atoms with Crippen molar-refractivity contribution in [2.75, 3.05) is 11.9 Å². The second kappa shape index (κ2) is 8.88. The van der Waals surface area contributed by atoms with Crippen LogP contribution in [0.25, 0.3) is 0 Å². The van der Waals surface area contributed by atoms with Gasteiger partial charge in [0.15, 0.2) is 0 Å². The second-order valence-corrected chi connectivity index (χ2v) is 7.67. The van der Waals surface area contributed by atoms with E-state index in [1.807, 2.05) is 51.1 Å². The monoisotopic (exact) mass is 427 g/mol. The first kappa shape index (κ1) is 21.8. The van der Waals surface area contributed by atoms with Crippen molar-refractivity contribution in [2.24, 2.45) is 0 Å². The number of nitrogens with one attached hydrogen (secondary N) is 2. The van der Waals surface area contributed by atoms with Crippen LogP contribution in [0.15, 0.2) is 42.5 Å². The number of hydrogen-bond acceptors (Lipinski definition) is 3. The Morgan fingerprint density at radius 2 is 1.77 bits per heavy atom. The SMILES string of the molecule is CCc1ccc(Cl)c(CC)c1NC(=O)CN1C(=O)NC(CC)(c2ccccc2)C1=O. The van der Waals surface area contributed by atoms with E-state index in [1.54, 1.807) is 12.1 Å². The number of urea groups is 1. The molecule has 0 saturated carbocycles. The number of carbonyl (C=O) groups is 3. The van der Waals surface area contributed by atoms with Gasteiger partial charge in [-0.25, -0.2) is 4.79 Å². The van der Waals surface area contributed by atoms with E-state index >= 15 is 0 Å². The normalized spacial score (nSPS) is 18.5. The molecule has 2 aromatic rings. The third kappa shape index (κ3) is 3.79. The maximum absolute atomic E-state index is 13.2. The highest BCUT2D eigenvalue weighted by Crippen LogP contribution is 2.33. The molecule has 0 radical (unpaired) electrons. The molecule has 1 aliphatic heterocycles. The van der Waals surface area contributed by atoms with Crippen LogP contribution < -0.4 is 10.6 Å². The highest BCUT2D eigenvalue weighted by molar-refractivity contribution is 6.32. The summed E-state index contributed by atoms with van der Waals surface area (Å²) in [7, 11) is 0. The average molecular weight is 428 g/mol. The van der Waals surface area contributed by atoms with Gasteiger partial charge in [-0.1, -0.05) is 68.8 Å². The number of aryl methyl sites for hydroxylation is 1. The smallest absolute Gasteiger partial charge is 0.324 e. The third-order valence-electron chi connectivity index (χ3n) is 5.62. The quantitative estimate of drug-likeness (QED) is 0.648. The van der Waals surface area contributed by atoms with Gasteiger partial charge >= 0.3 is 6.03 Å². The Morgan fingerprint density at radius 1 is 1.07 bits per heavy atom. The Bertz CT molecular complexity index is 977. The van der Waals surface area contributed by atoms with Gasteiger partial charge < -0.3 is 10.6 Å². The van der Waals surface area contributed by atoms with Crippen LogP contribution in [-0.4, -0.2) is 29.3 Å². The molecule has 2 N–H and O–H groups in total. The van der Waals surface area contributed by atoms with Gasteiger partial charge in [0, 0.05) is 10.7 Å². The molecule has 7 heteroatoms. The van der Waals surface area contributed by atoms with E-state index in [9.17, 15) is 14.4 Å². The number of imide groups is 1. The summed E-state index contributed by atoms with van der Waals surface area (Å²) in [5.74, 6) is -0.862. The summed E-state index contributed by atoms with van der Waals surface area (Å²) in [6, 6.07) is 12.2. The van der Waals surface area contributed by atoms with E-state index in [0.717, 1.165) is 22.4 Å². The largest absolute Gasteiger partial charge is 0.325 e. The van der Waals surface area contributed by atoms with E-state index in [4.69, 9.17) is 11.6 Å². The molecule has 1 unspecified atom stereocenters. The van der Waals surface area contributed by atoms with Crippen molar-refractivity contribution in [2.45, 2.75) is 45.6 Å². The summed E-state index contributed by atoms with van der Waals surface area (Å²) < 4.78 is 0. The zero-order chi connectivity index (χ0) is 21.9. The maximum atomic E-state index is 13.2. The van der Waals surface area contributed by atoms with Crippen molar-refractivity contribution in [1.29, 1.82) is 0 Å². The van der Waals surface area contributed by atoms with Gasteiger partial charge in [0.2, 0.25) is 5.91 Å². The van der Waals surface area contributed by atoms with Crippen LogP contribution in [0, 0.1) is 0 Å². The fourth-order valence-electron chi connectivity index (χ4n) is 3.92. The predicted octanol–water partition coefficient (Wildman–Crippen LogP) is 4.26. The Kier molecular flexibility index (Phi) is 6.46. The van der Waals surface area contributed by atoms with Crippen molar-refractivity contribution in [3.05, 3.63) is 64.2 Å². The lowest BCUT2D eigenvalue weighted by molar-refractivity contribution is -0.134. The van der Waals surface area contributed by atoms with E-state index in [2.05, 4.69) is 10.6 Å².